The quantitative estimate of drug-likeness (QED) is 0.553. The first kappa shape index (κ1) is 12.0. The van der Waals surface area contributed by atoms with Crippen LogP contribution in [0, 0.1) is 0 Å². The molecule has 0 unspecified atom stereocenters. The van der Waals surface area contributed by atoms with Crippen LogP contribution in [0.3, 0.4) is 0 Å². The summed E-state index contributed by atoms with van der Waals surface area (Å²) in [6, 6.07) is 0. The second-order valence-corrected chi connectivity index (χ2v) is 4.71. The molecule has 0 amide bonds. The fourth-order valence-electron chi connectivity index (χ4n) is 0.610. The van der Waals surface area contributed by atoms with Crippen molar-refractivity contribution in [1.29, 1.82) is 0 Å². The van der Waals surface area contributed by atoms with Crippen LogP contribution in [-0.4, -0.2) is 15.9 Å². The molecule has 0 heterocycles. The third-order valence-electron chi connectivity index (χ3n) is 1.28. The van der Waals surface area contributed by atoms with Gasteiger partial charge in [-0.3, -0.25) is 14.2 Å². The van der Waals surface area contributed by atoms with Gasteiger partial charge in [-0.2, -0.15) is 0 Å². The lowest BCUT2D eigenvalue weighted by Crippen LogP contribution is -2.10. The molecule has 0 fully saturated rings. The van der Waals surface area contributed by atoms with Crippen LogP contribution in [-0.2, 0) is 14.2 Å². The predicted octanol–water partition coefficient (Wildman–Crippen LogP) is 1.46. The zero-order valence-corrected chi connectivity index (χ0v) is 8.43. The first-order valence-electron chi connectivity index (χ1n) is 3.45. The second kappa shape index (κ2) is 3.81. The monoisotopic (exact) mass is 202 g/mol. The molecule has 0 saturated carbocycles. The molecule has 0 radical (unpaired) electrons. The van der Waals surface area contributed by atoms with Crippen molar-refractivity contribution in [3.63, 3.8) is 0 Å². The molecule has 0 aliphatic carbocycles. The van der Waals surface area contributed by atoms with E-state index in [-0.39, 0.29) is 11.1 Å². The maximum Gasteiger partial charge on any atom is 0.336 e. The van der Waals surface area contributed by atoms with Gasteiger partial charge in [0.2, 0.25) is 11.0 Å². The van der Waals surface area contributed by atoms with Gasteiger partial charge >= 0.3 is 7.37 Å². The molecule has 0 spiro atoms. The summed E-state index contributed by atoms with van der Waals surface area (Å²) in [7, 11) is -4.46. The van der Waals surface area contributed by atoms with Crippen LogP contribution in [0.15, 0.2) is 24.3 Å². The van der Waals surface area contributed by atoms with E-state index in [1.165, 1.54) is 13.8 Å². The number of hydrogen-bond donors (Lipinski definition) is 1. The van der Waals surface area contributed by atoms with Crippen molar-refractivity contribution >= 4 is 18.4 Å². The van der Waals surface area contributed by atoms with E-state index in [1.54, 1.807) is 0 Å². The Morgan fingerprint density at radius 3 is 1.46 bits per heavy atom. The van der Waals surface area contributed by atoms with Crippen LogP contribution in [0.5, 0.6) is 0 Å². The summed E-state index contributed by atoms with van der Waals surface area (Å²) in [5.74, 6) is 0. The van der Waals surface area contributed by atoms with Gasteiger partial charge in [-0.1, -0.05) is 13.2 Å². The van der Waals surface area contributed by atoms with Crippen molar-refractivity contribution in [2.75, 3.05) is 0 Å². The Morgan fingerprint density at radius 1 is 1.08 bits per heavy atom. The highest BCUT2D eigenvalue weighted by atomic mass is 31.2. The van der Waals surface area contributed by atoms with Gasteiger partial charge in [-0.25, -0.2) is 0 Å². The third-order valence-corrected chi connectivity index (χ3v) is 3.15. The van der Waals surface area contributed by atoms with Crippen molar-refractivity contribution < 1.29 is 19.0 Å². The SMILES string of the molecule is C=C(C)C(=O)P(=O)(O)C(=O)C(=C)C. The summed E-state index contributed by atoms with van der Waals surface area (Å²) in [5.41, 5.74) is -2.44. The summed E-state index contributed by atoms with van der Waals surface area (Å²) >= 11 is 0. The van der Waals surface area contributed by atoms with Gasteiger partial charge in [0.25, 0.3) is 0 Å². The zero-order chi connectivity index (χ0) is 10.8. The van der Waals surface area contributed by atoms with Crippen LogP contribution in [0.2, 0.25) is 0 Å². The third kappa shape index (κ3) is 2.47. The largest absolute Gasteiger partial charge is 0.336 e. The van der Waals surface area contributed by atoms with Crippen molar-refractivity contribution in [3.05, 3.63) is 24.3 Å². The average molecular weight is 202 g/mol. The molecule has 0 aromatic rings. The molecule has 72 valence electrons. The van der Waals surface area contributed by atoms with E-state index < -0.39 is 18.4 Å². The molecule has 0 atom stereocenters. The Hall–Kier alpha value is -0.990. The molecular weight excluding hydrogens is 191 g/mol. The normalized spacial score (nSPS) is 10.7. The smallest absolute Gasteiger partial charge is 0.333 e. The molecular formula is C8H11O4P. The molecule has 0 aromatic heterocycles. The van der Waals surface area contributed by atoms with E-state index in [4.69, 9.17) is 4.89 Å². The Bertz CT molecular complexity index is 310. The van der Waals surface area contributed by atoms with Gasteiger partial charge in [0.05, 0.1) is 0 Å². The first-order valence-corrected chi connectivity index (χ1v) is 5.10. The van der Waals surface area contributed by atoms with Crippen molar-refractivity contribution in [2.45, 2.75) is 13.8 Å². The predicted molar refractivity (Wildman–Crippen MR) is 49.5 cm³/mol. The van der Waals surface area contributed by atoms with Crippen LogP contribution < -0.4 is 0 Å². The van der Waals surface area contributed by atoms with Gasteiger partial charge in [-0.15, -0.1) is 0 Å². The second-order valence-electron chi connectivity index (χ2n) is 2.75. The molecule has 0 aliphatic heterocycles. The van der Waals surface area contributed by atoms with Gasteiger partial charge < -0.3 is 4.89 Å². The summed E-state index contributed by atoms with van der Waals surface area (Å²) in [6.07, 6.45) is 0. The van der Waals surface area contributed by atoms with E-state index in [1.807, 2.05) is 0 Å². The van der Waals surface area contributed by atoms with E-state index in [2.05, 4.69) is 13.2 Å². The minimum absolute atomic E-state index is 0.111. The highest BCUT2D eigenvalue weighted by molar-refractivity contribution is 7.90. The highest BCUT2D eigenvalue weighted by Crippen LogP contribution is 2.46. The van der Waals surface area contributed by atoms with Crippen molar-refractivity contribution in [1.82, 2.24) is 0 Å². The molecule has 0 rings (SSSR count). The lowest BCUT2D eigenvalue weighted by atomic mass is 10.4. The molecule has 0 aromatic carbocycles. The van der Waals surface area contributed by atoms with Crippen LogP contribution in [0.1, 0.15) is 13.8 Å². The highest BCUT2D eigenvalue weighted by Gasteiger charge is 2.37. The molecule has 0 saturated heterocycles. The minimum Gasteiger partial charge on any atom is -0.333 e. The molecule has 1 N–H and O–H groups in total. The first-order chi connectivity index (χ1) is 5.71. The number of carbonyl (C=O) groups is 2. The lowest BCUT2D eigenvalue weighted by Gasteiger charge is -2.07. The molecule has 13 heavy (non-hydrogen) atoms. The summed E-state index contributed by atoms with van der Waals surface area (Å²) in [4.78, 5) is 31.2. The van der Waals surface area contributed by atoms with Crippen molar-refractivity contribution in [2.24, 2.45) is 0 Å². The zero-order valence-electron chi connectivity index (χ0n) is 7.53. The minimum atomic E-state index is -4.46. The average Bonchev–Trinajstić information content (AvgIpc) is 2.01. The number of rotatable bonds is 4. The Morgan fingerprint density at radius 2 is 1.31 bits per heavy atom. The molecule has 0 aliphatic rings. The Balaban J connectivity index is 5.11. The van der Waals surface area contributed by atoms with Gasteiger partial charge in [0, 0.05) is 0 Å². The van der Waals surface area contributed by atoms with E-state index in [9.17, 15) is 14.2 Å². The van der Waals surface area contributed by atoms with E-state index in [0.29, 0.717) is 0 Å². The van der Waals surface area contributed by atoms with Crippen LogP contribution in [0.25, 0.3) is 0 Å². The molecule has 4 nitrogen and oxygen atoms in total. The molecule has 5 heteroatoms. The number of carbonyl (C=O) groups excluding carboxylic acids is 2. The maximum absolute atomic E-state index is 11.2. The van der Waals surface area contributed by atoms with Crippen LogP contribution in [0.4, 0.5) is 0 Å². The fourth-order valence-corrected chi connectivity index (χ4v) is 1.83. The summed E-state index contributed by atoms with van der Waals surface area (Å²) in [6.45, 7) is 8.95. The molecule has 0 bridgehead atoms. The topological polar surface area (TPSA) is 71.4 Å². The summed E-state index contributed by atoms with van der Waals surface area (Å²) in [5, 5.41) is 0. The fraction of sp³-hybridized carbons (Fsp3) is 0.250. The maximum atomic E-state index is 11.2. The number of allylic oxidation sites excluding steroid dienone is 2. The lowest BCUT2D eigenvalue weighted by molar-refractivity contribution is -0.112. The van der Waals surface area contributed by atoms with Gasteiger partial charge in [0.1, 0.15) is 0 Å². The van der Waals surface area contributed by atoms with Gasteiger partial charge in [-0.05, 0) is 25.0 Å². The standard InChI is InChI=1S/C8H11O4P/c1-5(2)7(9)13(11,12)8(10)6(3)4/h1,3H2,2,4H3,(H,11,12). The van der Waals surface area contributed by atoms with E-state index >= 15 is 0 Å². The Labute approximate surface area is 76.4 Å². The van der Waals surface area contributed by atoms with E-state index in [0.717, 1.165) is 0 Å². The van der Waals surface area contributed by atoms with Crippen molar-refractivity contribution in [3.8, 4) is 0 Å². The number of hydrogen-bond acceptors (Lipinski definition) is 3. The van der Waals surface area contributed by atoms with Gasteiger partial charge in [0.15, 0.2) is 0 Å². The summed E-state index contributed by atoms with van der Waals surface area (Å²) < 4.78 is 11.2. The Kier molecular flexibility index (Phi) is 3.52. The van der Waals surface area contributed by atoms with Crippen LogP contribution >= 0.6 is 7.37 Å².